The van der Waals surface area contributed by atoms with Gasteiger partial charge in [-0.3, -0.25) is 0 Å². The average Bonchev–Trinajstić information content (AvgIpc) is 2.80. The standard InChI is InChI=1S/C15H26ClNO2S2/c1-6-13(7-2)17(10-11(3)4)21(18,19)15-8-14(9-16)20-12(15)5/h8,11,13H,6-7,9-10H2,1-5H3. The van der Waals surface area contributed by atoms with Gasteiger partial charge in [0.2, 0.25) is 10.0 Å². The molecule has 0 N–H and O–H groups in total. The van der Waals surface area contributed by atoms with Crippen molar-refractivity contribution in [3.8, 4) is 0 Å². The second-order valence-corrected chi connectivity index (χ2v) is 9.17. The summed E-state index contributed by atoms with van der Waals surface area (Å²) in [5.74, 6) is 0.655. The predicted molar refractivity (Wildman–Crippen MR) is 91.7 cm³/mol. The lowest BCUT2D eigenvalue weighted by molar-refractivity contribution is 0.277. The van der Waals surface area contributed by atoms with Crippen molar-refractivity contribution in [3.05, 3.63) is 15.8 Å². The van der Waals surface area contributed by atoms with Gasteiger partial charge in [-0.05, 0) is 31.7 Å². The first-order valence-corrected chi connectivity index (χ1v) is 10.2. The van der Waals surface area contributed by atoms with Gasteiger partial charge in [-0.2, -0.15) is 4.31 Å². The van der Waals surface area contributed by atoms with Crippen LogP contribution in [0.15, 0.2) is 11.0 Å². The SMILES string of the molecule is CCC(CC)N(CC(C)C)S(=O)(=O)c1cc(CCl)sc1C. The lowest BCUT2D eigenvalue weighted by Crippen LogP contribution is -2.42. The second-order valence-electron chi connectivity index (χ2n) is 5.71. The van der Waals surface area contributed by atoms with E-state index < -0.39 is 10.0 Å². The molecule has 0 aliphatic carbocycles. The molecule has 21 heavy (non-hydrogen) atoms. The summed E-state index contributed by atoms with van der Waals surface area (Å²) in [7, 11) is -3.45. The van der Waals surface area contributed by atoms with Gasteiger partial charge in [0.1, 0.15) is 0 Å². The molecule has 0 unspecified atom stereocenters. The summed E-state index contributed by atoms with van der Waals surface area (Å²) in [5, 5.41) is 0. The Morgan fingerprint density at radius 2 is 1.86 bits per heavy atom. The normalized spacial score (nSPS) is 12.8. The molecule has 0 aromatic carbocycles. The molecule has 0 aliphatic rings. The van der Waals surface area contributed by atoms with E-state index in [0.29, 0.717) is 23.2 Å². The smallest absolute Gasteiger partial charge is 0.207 e. The highest BCUT2D eigenvalue weighted by Crippen LogP contribution is 2.31. The lowest BCUT2D eigenvalue weighted by atomic mass is 10.1. The van der Waals surface area contributed by atoms with E-state index in [1.165, 1.54) is 11.3 Å². The number of thiophene rings is 1. The maximum atomic E-state index is 13.1. The van der Waals surface area contributed by atoms with Crippen LogP contribution in [0.2, 0.25) is 0 Å². The number of halogens is 1. The van der Waals surface area contributed by atoms with E-state index in [1.807, 2.05) is 20.8 Å². The topological polar surface area (TPSA) is 37.4 Å². The summed E-state index contributed by atoms with van der Waals surface area (Å²) >= 11 is 7.31. The highest BCUT2D eigenvalue weighted by Gasteiger charge is 2.32. The zero-order valence-electron chi connectivity index (χ0n) is 13.5. The summed E-state index contributed by atoms with van der Waals surface area (Å²) in [4.78, 5) is 2.16. The first-order chi connectivity index (χ1) is 9.77. The monoisotopic (exact) mass is 351 g/mol. The van der Waals surface area contributed by atoms with E-state index in [9.17, 15) is 8.42 Å². The minimum absolute atomic E-state index is 0.0520. The van der Waals surface area contributed by atoms with E-state index in [0.717, 1.165) is 22.6 Å². The minimum Gasteiger partial charge on any atom is -0.207 e. The number of hydrogen-bond donors (Lipinski definition) is 0. The van der Waals surface area contributed by atoms with Crippen molar-refractivity contribution in [3.63, 3.8) is 0 Å². The molecule has 0 aliphatic heterocycles. The van der Waals surface area contributed by atoms with Crippen molar-refractivity contribution in [2.75, 3.05) is 6.54 Å². The van der Waals surface area contributed by atoms with Gasteiger partial charge in [0, 0.05) is 22.3 Å². The number of nitrogens with zero attached hydrogens (tertiary/aromatic N) is 1. The molecule has 0 spiro atoms. The number of alkyl halides is 1. The van der Waals surface area contributed by atoms with E-state index in [1.54, 1.807) is 10.4 Å². The van der Waals surface area contributed by atoms with Gasteiger partial charge in [-0.1, -0.05) is 27.7 Å². The van der Waals surface area contributed by atoms with E-state index >= 15 is 0 Å². The van der Waals surface area contributed by atoms with Crippen LogP contribution in [0.4, 0.5) is 0 Å². The van der Waals surface area contributed by atoms with Gasteiger partial charge in [0.25, 0.3) is 0 Å². The van der Waals surface area contributed by atoms with Gasteiger partial charge < -0.3 is 0 Å². The Labute approximate surface area is 138 Å². The third kappa shape index (κ3) is 4.44. The van der Waals surface area contributed by atoms with Crippen LogP contribution in [0.25, 0.3) is 0 Å². The van der Waals surface area contributed by atoms with Gasteiger partial charge in [0.15, 0.2) is 0 Å². The van der Waals surface area contributed by atoms with Crippen LogP contribution in [-0.2, 0) is 15.9 Å². The third-order valence-corrected chi connectivity index (χ3v) is 7.21. The fourth-order valence-corrected chi connectivity index (χ4v) is 6.10. The van der Waals surface area contributed by atoms with Crippen LogP contribution in [0.5, 0.6) is 0 Å². The largest absolute Gasteiger partial charge is 0.244 e. The predicted octanol–water partition coefficient (Wildman–Crippen LogP) is 4.63. The van der Waals surface area contributed by atoms with Crippen LogP contribution >= 0.6 is 22.9 Å². The molecule has 0 radical (unpaired) electrons. The zero-order chi connectivity index (χ0) is 16.2. The van der Waals surface area contributed by atoms with Crippen molar-refractivity contribution in [1.29, 1.82) is 0 Å². The van der Waals surface area contributed by atoms with Crippen LogP contribution in [0, 0.1) is 12.8 Å². The van der Waals surface area contributed by atoms with Gasteiger partial charge in [-0.15, -0.1) is 22.9 Å². The molecule has 0 atom stereocenters. The fraction of sp³-hybridized carbons (Fsp3) is 0.733. The summed E-state index contributed by atoms with van der Waals surface area (Å²) < 4.78 is 27.8. The van der Waals surface area contributed by atoms with Gasteiger partial charge in [-0.25, -0.2) is 8.42 Å². The summed E-state index contributed by atoms with van der Waals surface area (Å²) in [5.41, 5.74) is 0. The first-order valence-electron chi connectivity index (χ1n) is 7.44. The molecule has 122 valence electrons. The number of aryl methyl sites for hydroxylation is 1. The van der Waals surface area contributed by atoms with Crippen LogP contribution in [-0.4, -0.2) is 25.3 Å². The summed E-state index contributed by atoms with van der Waals surface area (Å²) in [6, 6.07) is 1.79. The number of sulfonamides is 1. The molecule has 0 amide bonds. The Hall–Kier alpha value is -0.100. The minimum atomic E-state index is -3.45. The molecule has 0 bridgehead atoms. The van der Waals surface area contributed by atoms with Crippen molar-refractivity contribution >= 4 is 33.0 Å². The molecule has 1 heterocycles. The molecule has 1 aromatic heterocycles. The molecule has 0 saturated heterocycles. The van der Waals surface area contributed by atoms with Crippen LogP contribution in [0.3, 0.4) is 0 Å². The average molecular weight is 352 g/mol. The second kappa shape index (κ2) is 7.95. The van der Waals surface area contributed by atoms with Crippen LogP contribution in [0.1, 0.15) is 50.3 Å². The van der Waals surface area contributed by atoms with E-state index in [2.05, 4.69) is 13.8 Å². The Balaban J connectivity index is 3.28. The Morgan fingerprint density at radius 1 is 1.29 bits per heavy atom. The van der Waals surface area contributed by atoms with E-state index in [-0.39, 0.29) is 6.04 Å². The molecular weight excluding hydrogens is 326 g/mol. The molecule has 3 nitrogen and oxygen atoms in total. The Morgan fingerprint density at radius 3 is 2.24 bits per heavy atom. The molecule has 1 rings (SSSR count). The quantitative estimate of drug-likeness (QED) is 0.640. The zero-order valence-corrected chi connectivity index (χ0v) is 15.9. The molecule has 0 saturated carbocycles. The lowest BCUT2D eigenvalue weighted by Gasteiger charge is -2.31. The van der Waals surface area contributed by atoms with Crippen molar-refractivity contribution < 1.29 is 8.42 Å². The van der Waals surface area contributed by atoms with Crippen molar-refractivity contribution in [2.24, 2.45) is 5.92 Å². The molecule has 0 fully saturated rings. The number of rotatable bonds is 8. The van der Waals surface area contributed by atoms with Crippen LogP contribution < -0.4 is 0 Å². The van der Waals surface area contributed by atoms with E-state index in [4.69, 9.17) is 11.6 Å². The highest BCUT2D eigenvalue weighted by molar-refractivity contribution is 7.89. The third-order valence-electron chi connectivity index (χ3n) is 3.54. The maximum Gasteiger partial charge on any atom is 0.244 e. The fourth-order valence-electron chi connectivity index (χ4n) is 2.47. The van der Waals surface area contributed by atoms with Crippen molar-refractivity contribution in [1.82, 2.24) is 4.31 Å². The first kappa shape index (κ1) is 18.9. The Kier molecular flexibility index (Phi) is 7.17. The van der Waals surface area contributed by atoms with Gasteiger partial charge >= 0.3 is 0 Å². The van der Waals surface area contributed by atoms with Crippen molar-refractivity contribution in [2.45, 2.75) is 64.3 Å². The van der Waals surface area contributed by atoms with Gasteiger partial charge in [0.05, 0.1) is 10.8 Å². The number of hydrogen-bond acceptors (Lipinski definition) is 3. The maximum absolute atomic E-state index is 13.1. The molecular formula is C15H26ClNO2S2. The summed E-state index contributed by atoms with van der Waals surface area (Å²) in [6.45, 7) is 10.6. The highest BCUT2D eigenvalue weighted by atomic mass is 35.5. The molecule has 1 aromatic rings. The molecule has 6 heteroatoms. The Bertz CT molecular complexity index is 548. The summed E-state index contributed by atoms with van der Waals surface area (Å²) in [6.07, 6.45) is 1.65.